The SMILES string of the molecule is CC(C)(C)OC(=O)N1CCN2CC(O)CC2C1. The predicted octanol–water partition coefficient (Wildman–Crippen LogP) is 0.672. The van der Waals surface area contributed by atoms with Crippen LogP contribution in [-0.4, -0.2) is 64.9 Å². The lowest BCUT2D eigenvalue weighted by Gasteiger charge is -2.37. The van der Waals surface area contributed by atoms with Crippen molar-refractivity contribution in [3.05, 3.63) is 0 Å². The maximum Gasteiger partial charge on any atom is 0.410 e. The highest BCUT2D eigenvalue weighted by molar-refractivity contribution is 5.68. The molecule has 2 saturated heterocycles. The van der Waals surface area contributed by atoms with Crippen LogP contribution >= 0.6 is 0 Å². The standard InChI is InChI=1S/C12H22N2O3/c1-12(2,3)17-11(16)14-5-4-13-8-10(15)6-9(13)7-14/h9-10,15H,4-8H2,1-3H3. The van der Waals surface area contributed by atoms with E-state index in [1.165, 1.54) is 0 Å². The Hall–Kier alpha value is -0.810. The minimum absolute atomic E-state index is 0.237. The Labute approximate surface area is 102 Å². The summed E-state index contributed by atoms with van der Waals surface area (Å²) in [4.78, 5) is 15.9. The van der Waals surface area contributed by atoms with Crippen molar-refractivity contribution in [1.29, 1.82) is 0 Å². The fraction of sp³-hybridized carbons (Fsp3) is 0.917. The third kappa shape index (κ3) is 3.10. The number of piperazine rings is 1. The van der Waals surface area contributed by atoms with Crippen LogP contribution in [-0.2, 0) is 4.74 Å². The van der Waals surface area contributed by atoms with Crippen LogP contribution in [0.3, 0.4) is 0 Å². The smallest absolute Gasteiger partial charge is 0.410 e. The van der Waals surface area contributed by atoms with Gasteiger partial charge >= 0.3 is 6.09 Å². The summed E-state index contributed by atoms with van der Waals surface area (Å²) in [5.74, 6) is 0. The molecule has 0 aromatic carbocycles. The molecule has 0 radical (unpaired) electrons. The average molecular weight is 242 g/mol. The van der Waals surface area contributed by atoms with E-state index < -0.39 is 5.60 Å². The van der Waals surface area contributed by atoms with Crippen LogP contribution < -0.4 is 0 Å². The third-order valence-corrected chi connectivity index (χ3v) is 3.25. The maximum atomic E-state index is 11.9. The fourth-order valence-corrected chi connectivity index (χ4v) is 2.51. The van der Waals surface area contributed by atoms with Crippen molar-refractivity contribution >= 4 is 6.09 Å². The Balaban J connectivity index is 1.90. The van der Waals surface area contributed by atoms with Gasteiger partial charge in [0.25, 0.3) is 0 Å². The van der Waals surface area contributed by atoms with Crippen molar-refractivity contribution < 1.29 is 14.6 Å². The molecule has 5 nitrogen and oxygen atoms in total. The van der Waals surface area contributed by atoms with E-state index in [4.69, 9.17) is 4.74 Å². The topological polar surface area (TPSA) is 53.0 Å². The summed E-state index contributed by atoms with van der Waals surface area (Å²) in [6.07, 6.45) is 0.288. The minimum Gasteiger partial charge on any atom is -0.444 e. The van der Waals surface area contributed by atoms with Gasteiger partial charge < -0.3 is 14.7 Å². The first-order chi connectivity index (χ1) is 7.85. The van der Waals surface area contributed by atoms with Crippen LogP contribution in [0, 0.1) is 0 Å². The van der Waals surface area contributed by atoms with Crippen LogP contribution in [0.25, 0.3) is 0 Å². The van der Waals surface area contributed by atoms with Gasteiger partial charge in [-0.25, -0.2) is 4.79 Å². The number of carbonyl (C=O) groups is 1. The molecule has 0 saturated carbocycles. The summed E-state index contributed by atoms with van der Waals surface area (Å²) in [7, 11) is 0. The number of fused-ring (bicyclic) bond motifs is 1. The van der Waals surface area contributed by atoms with E-state index in [0.717, 1.165) is 19.5 Å². The van der Waals surface area contributed by atoms with E-state index in [0.29, 0.717) is 19.1 Å². The Morgan fingerprint density at radius 1 is 1.29 bits per heavy atom. The molecule has 0 bridgehead atoms. The second-order valence-corrected chi connectivity index (χ2v) is 5.96. The van der Waals surface area contributed by atoms with E-state index in [1.54, 1.807) is 4.90 Å². The van der Waals surface area contributed by atoms with Gasteiger partial charge in [0, 0.05) is 32.2 Å². The summed E-state index contributed by atoms with van der Waals surface area (Å²) >= 11 is 0. The highest BCUT2D eigenvalue weighted by Gasteiger charge is 2.37. The van der Waals surface area contributed by atoms with Crippen molar-refractivity contribution in [2.24, 2.45) is 0 Å². The molecule has 98 valence electrons. The molecular weight excluding hydrogens is 220 g/mol. The summed E-state index contributed by atoms with van der Waals surface area (Å²) in [6, 6.07) is 0.297. The molecule has 0 aromatic rings. The molecule has 2 heterocycles. The maximum absolute atomic E-state index is 11.9. The number of aliphatic hydroxyl groups is 1. The highest BCUT2D eigenvalue weighted by atomic mass is 16.6. The summed E-state index contributed by atoms with van der Waals surface area (Å²) in [5.41, 5.74) is -0.441. The lowest BCUT2D eigenvalue weighted by atomic mass is 10.1. The van der Waals surface area contributed by atoms with E-state index >= 15 is 0 Å². The molecule has 2 fully saturated rings. The zero-order valence-corrected chi connectivity index (χ0v) is 10.8. The molecule has 0 aliphatic carbocycles. The summed E-state index contributed by atoms with van der Waals surface area (Å²) in [6.45, 7) is 8.57. The van der Waals surface area contributed by atoms with Gasteiger partial charge in [0.15, 0.2) is 0 Å². The number of amides is 1. The van der Waals surface area contributed by atoms with Gasteiger partial charge in [0.2, 0.25) is 0 Å². The Morgan fingerprint density at radius 3 is 2.65 bits per heavy atom. The van der Waals surface area contributed by atoms with E-state index in [-0.39, 0.29) is 12.2 Å². The van der Waals surface area contributed by atoms with Crippen LogP contribution in [0.15, 0.2) is 0 Å². The van der Waals surface area contributed by atoms with Crippen molar-refractivity contribution in [2.45, 2.75) is 44.9 Å². The van der Waals surface area contributed by atoms with Crippen LogP contribution in [0.5, 0.6) is 0 Å². The van der Waals surface area contributed by atoms with E-state index in [2.05, 4.69) is 4.90 Å². The fourth-order valence-electron chi connectivity index (χ4n) is 2.51. The van der Waals surface area contributed by atoms with Crippen LogP contribution in [0.4, 0.5) is 4.79 Å². The molecule has 1 amide bonds. The molecule has 2 rings (SSSR count). The van der Waals surface area contributed by atoms with Crippen LogP contribution in [0.2, 0.25) is 0 Å². The second-order valence-electron chi connectivity index (χ2n) is 5.96. The molecule has 2 unspecified atom stereocenters. The minimum atomic E-state index is -0.441. The van der Waals surface area contributed by atoms with E-state index in [1.807, 2.05) is 20.8 Å². The van der Waals surface area contributed by atoms with Crippen molar-refractivity contribution in [1.82, 2.24) is 9.80 Å². The Kier molecular flexibility index (Phi) is 3.32. The number of carbonyl (C=O) groups excluding carboxylic acids is 1. The molecule has 2 aliphatic heterocycles. The number of rotatable bonds is 0. The average Bonchev–Trinajstić information content (AvgIpc) is 2.53. The molecular formula is C12H22N2O3. The Morgan fingerprint density at radius 2 is 2.00 bits per heavy atom. The van der Waals surface area contributed by atoms with Crippen molar-refractivity contribution in [3.8, 4) is 0 Å². The predicted molar refractivity (Wildman–Crippen MR) is 63.8 cm³/mol. The molecule has 2 aliphatic rings. The zero-order valence-electron chi connectivity index (χ0n) is 10.8. The van der Waals surface area contributed by atoms with Gasteiger partial charge in [-0.3, -0.25) is 4.90 Å². The highest BCUT2D eigenvalue weighted by Crippen LogP contribution is 2.23. The first-order valence-corrected chi connectivity index (χ1v) is 6.25. The largest absolute Gasteiger partial charge is 0.444 e. The number of hydrogen-bond acceptors (Lipinski definition) is 4. The Bertz CT molecular complexity index is 301. The first kappa shape index (κ1) is 12.6. The number of hydrogen-bond donors (Lipinski definition) is 1. The van der Waals surface area contributed by atoms with Crippen molar-refractivity contribution in [3.63, 3.8) is 0 Å². The number of ether oxygens (including phenoxy) is 1. The van der Waals surface area contributed by atoms with Gasteiger partial charge in [-0.15, -0.1) is 0 Å². The molecule has 0 spiro atoms. The third-order valence-electron chi connectivity index (χ3n) is 3.25. The zero-order chi connectivity index (χ0) is 12.6. The van der Waals surface area contributed by atoms with Gasteiger partial charge in [-0.2, -0.15) is 0 Å². The van der Waals surface area contributed by atoms with Gasteiger partial charge in [0.1, 0.15) is 5.60 Å². The lowest BCUT2D eigenvalue weighted by molar-refractivity contribution is 0.00921. The van der Waals surface area contributed by atoms with Gasteiger partial charge in [-0.05, 0) is 27.2 Å². The molecule has 5 heteroatoms. The molecule has 1 N–H and O–H groups in total. The monoisotopic (exact) mass is 242 g/mol. The first-order valence-electron chi connectivity index (χ1n) is 6.25. The van der Waals surface area contributed by atoms with Crippen LogP contribution in [0.1, 0.15) is 27.2 Å². The number of aliphatic hydroxyl groups excluding tert-OH is 1. The quantitative estimate of drug-likeness (QED) is 0.678. The number of nitrogens with zero attached hydrogens (tertiary/aromatic N) is 2. The van der Waals surface area contributed by atoms with E-state index in [9.17, 15) is 9.90 Å². The van der Waals surface area contributed by atoms with Gasteiger partial charge in [0.05, 0.1) is 6.10 Å². The summed E-state index contributed by atoms with van der Waals surface area (Å²) < 4.78 is 5.36. The summed E-state index contributed by atoms with van der Waals surface area (Å²) in [5, 5.41) is 9.59. The molecule has 17 heavy (non-hydrogen) atoms. The van der Waals surface area contributed by atoms with Gasteiger partial charge in [-0.1, -0.05) is 0 Å². The molecule has 2 atom stereocenters. The lowest BCUT2D eigenvalue weighted by Crippen LogP contribution is -2.53. The van der Waals surface area contributed by atoms with Crippen molar-refractivity contribution in [2.75, 3.05) is 26.2 Å². The normalized spacial score (nSPS) is 30.2. The molecule has 0 aromatic heterocycles. The second kappa shape index (κ2) is 4.46.